The monoisotopic (exact) mass is 341 g/mol. The summed E-state index contributed by atoms with van der Waals surface area (Å²) in [4.78, 5) is 25.7. The Hall–Kier alpha value is -1.36. The molecule has 0 spiro atoms. The number of ether oxygens (including phenoxy) is 1. The maximum atomic E-state index is 12.5. The van der Waals surface area contributed by atoms with Crippen LogP contribution in [0.1, 0.15) is 31.1 Å². The molecule has 0 fully saturated rings. The number of methoxy groups -OCH3 is 1. The molecule has 0 radical (unpaired) electrons. The lowest BCUT2D eigenvalue weighted by Crippen LogP contribution is -2.41. The first-order valence-corrected chi connectivity index (χ1v) is 7.30. The Balaban J connectivity index is 2.88. The molecule has 4 nitrogen and oxygen atoms in total. The van der Waals surface area contributed by atoms with Crippen LogP contribution in [-0.4, -0.2) is 36.5 Å². The molecule has 0 bridgehead atoms. The molecule has 110 valence electrons. The third kappa shape index (κ3) is 4.34. The fraction of sp³-hybridized carbons (Fsp3) is 0.467. The Morgan fingerprint density at radius 1 is 1.20 bits per heavy atom. The van der Waals surface area contributed by atoms with Gasteiger partial charge in [-0.25, -0.2) is 0 Å². The van der Waals surface area contributed by atoms with Crippen molar-refractivity contribution in [3.8, 4) is 0 Å². The Morgan fingerprint density at radius 3 is 2.20 bits per heavy atom. The predicted octanol–water partition coefficient (Wildman–Crippen LogP) is 3.11. The fourth-order valence-corrected chi connectivity index (χ4v) is 2.12. The number of benzene rings is 1. The Labute approximate surface area is 128 Å². The summed E-state index contributed by atoms with van der Waals surface area (Å²) in [6, 6.07) is 7.21. The molecular formula is C15H20BrNO3. The molecule has 0 N–H and O–H groups in total. The highest BCUT2D eigenvalue weighted by Gasteiger charge is 2.24. The molecule has 0 saturated carbocycles. The average molecular weight is 342 g/mol. The maximum Gasteiger partial charge on any atom is 0.310 e. The smallest absolute Gasteiger partial charge is 0.310 e. The average Bonchev–Trinajstić information content (AvgIpc) is 2.43. The van der Waals surface area contributed by atoms with Gasteiger partial charge < -0.3 is 9.64 Å². The second-order valence-electron chi connectivity index (χ2n) is 4.98. The number of rotatable bonds is 5. The maximum absolute atomic E-state index is 12.5. The number of carbonyl (C=O) groups excluding carboxylic acids is 2. The van der Waals surface area contributed by atoms with E-state index in [0.717, 1.165) is 4.47 Å². The fourth-order valence-electron chi connectivity index (χ4n) is 1.86. The van der Waals surface area contributed by atoms with E-state index in [1.807, 2.05) is 26.0 Å². The van der Waals surface area contributed by atoms with E-state index >= 15 is 0 Å². The minimum atomic E-state index is -0.346. The summed E-state index contributed by atoms with van der Waals surface area (Å²) in [5.41, 5.74) is 0.610. The van der Waals surface area contributed by atoms with Crippen molar-refractivity contribution in [3.05, 3.63) is 34.3 Å². The number of halogens is 1. The second kappa shape index (κ2) is 7.43. The molecule has 1 amide bonds. The highest BCUT2D eigenvalue weighted by Crippen LogP contribution is 2.15. The third-order valence-electron chi connectivity index (χ3n) is 3.05. The number of amides is 1. The van der Waals surface area contributed by atoms with Crippen molar-refractivity contribution in [2.75, 3.05) is 13.7 Å². The summed E-state index contributed by atoms with van der Waals surface area (Å²) in [6.45, 7) is 5.97. The number of esters is 1. The predicted molar refractivity (Wildman–Crippen MR) is 81.5 cm³/mol. The topological polar surface area (TPSA) is 46.6 Å². The van der Waals surface area contributed by atoms with Gasteiger partial charge in [-0.15, -0.1) is 0 Å². The zero-order valence-electron chi connectivity index (χ0n) is 12.2. The van der Waals surface area contributed by atoms with Crippen LogP contribution in [-0.2, 0) is 9.53 Å². The van der Waals surface area contributed by atoms with Gasteiger partial charge in [-0.05, 0) is 38.1 Å². The zero-order chi connectivity index (χ0) is 15.3. The van der Waals surface area contributed by atoms with Crippen molar-refractivity contribution < 1.29 is 14.3 Å². The minimum absolute atomic E-state index is 0.0123. The number of nitrogens with zero attached hydrogens (tertiary/aromatic N) is 1. The lowest BCUT2D eigenvalue weighted by Gasteiger charge is -2.29. The lowest BCUT2D eigenvalue weighted by atomic mass is 10.1. The van der Waals surface area contributed by atoms with Gasteiger partial charge in [0.1, 0.15) is 0 Å². The molecule has 5 heteroatoms. The molecule has 1 unspecified atom stereocenters. The van der Waals surface area contributed by atoms with Crippen LogP contribution in [0.4, 0.5) is 0 Å². The van der Waals surface area contributed by atoms with Crippen LogP contribution < -0.4 is 0 Å². The third-order valence-corrected chi connectivity index (χ3v) is 3.58. The van der Waals surface area contributed by atoms with E-state index in [9.17, 15) is 9.59 Å². The van der Waals surface area contributed by atoms with Crippen LogP contribution in [0.2, 0.25) is 0 Å². The van der Waals surface area contributed by atoms with Crippen molar-refractivity contribution in [2.24, 2.45) is 5.92 Å². The Bertz CT molecular complexity index is 471. The molecule has 1 rings (SSSR count). The normalized spacial score (nSPS) is 12.1. The van der Waals surface area contributed by atoms with Crippen LogP contribution in [0.5, 0.6) is 0 Å². The highest BCUT2D eigenvalue weighted by molar-refractivity contribution is 9.10. The summed E-state index contributed by atoms with van der Waals surface area (Å²) in [7, 11) is 1.36. The van der Waals surface area contributed by atoms with Crippen molar-refractivity contribution in [2.45, 2.75) is 26.8 Å². The summed E-state index contributed by atoms with van der Waals surface area (Å²) in [5.74, 6) is -0.732. The van der Waals surface area contributed by atoms with Crippen LogP contribution in [0.3, 0.4) is 0 Å². The molecule has 0 heterocycles. The Morgan fingerprint density at radius 2 is 1.75 bits per heavy atom. The van der Waals surface area contributed by atoms with Gasteiger partial charge in [-0.3, -0.25) is 9.59 Å². The molecule has 0 saturated heterocycles. The van der Waals surface area contributed by atoms with Gasteiger partial charge in [0.25, 0.3) is 5.91 Å². The van der Waals surface area contributed by atoms with E-state index in [-0.39, 0.29) is 23.8 Å². The first-order valence-electron chi connectivity index (χ1n) is 6.51. The van der Waals surface area contributed by atoms with Crippen LogP contribution in [0.25, 0.3) is 0 Å². The molecule has 0 aliphatic carbocycles. The van der Waals surface area contributed by atoms with Crippen LogP contribution >= 0.6 is 15.9 Å². The van der Waals surface area contributed by atoms with Gasteiger partial charge in [-0.1, -0.05) is 22.9 Å². The van der Waals surface area contributed by atoms with Gasteiger partial charge in [0.2, 0.25) is 0 Å². The molecule has 0 aromatic heterocycles. The summed E-state index contributed by atoms with van der Waals surface area (Å²) < 4.78 is 5.63. The molecule has 1 atom stereocenters. The zero-order valence-corrected chi connectivity index (χ0v) is 13.8. The molecule has 20 heavy (non-hydrogen) atoms. The van der Waals surface area contributed by atoms with Crippen LogP contribution in [0.15, 0.2) is 28.7 Å². The molecule has 0 aliphatic rings. The largest absolute Gasteiger partial charge is 0.469 e. The van der Waals surface area contributed by atoms with Crippen LogP contribution in [0, 0.1) is 5.92 Å². The second-order valence-corrected chi connectivity index (χ2v) is 5.90. The van der Waals surface area contributed by atoms with Gasteiger partial charge in [0.05, 0.1) is 13.0 Å². The lowest BCUT2D eigenvalue weighted by molar-refractivity contribution is -0.145. The Kier molecular flexibility index (Phi) is 6.20. The van der Waals surface area contributed by atoms with Crippen molar-refractivity contribution in [3.63, 3.8) is 0 Å². The van der Waals surface area contributed by atoms with E-state index < -0.39 is 0 Å². The summed E-state index contributed by atoms with van der Waals surface area (Å²) >= 11 is 3.34. The molecule has 0 aliphatic heterocycles. The van der Waals surface area contributed by atoms with Crippen molar-refractivity contribution in [1.29, 1.82) is 0 Å². The minimum Gasteiger partial charge on any atom is -0.469 e. The van der Waals surface area contributed by atoms with Gasteiger partial charge in [-0.2, -0.15) is 0 Å². The van der Waals surface area contributed by atoms with Gasteiger partial charge >= 0.3 is 5.97 Å². The van der Waals surface area contributed by atoms with E-state index in [4.69, 9.17) is 4.74 Å². The SMILES string of the molecule is COC(=O)C(C)CN(C(=O)c1ccc(Br)cc1)C(C)C. The summed E-state index contributed by atoms with van der Waals surface area (Å²) in [6.07, 6.45) is 0. The number of hydrogen-bond acceptors (Lipinski definition) is 3. The van der Waals surface area contributed by atoms with E-state index in [1.165, 1.54) is 7.11 Å². The van der Waals surface area contributed by atoms with Crippen molar-refractivity contribution >= 4 is 27.8 Å². The van der Waals surface area contributed by atoms with E-state index in [0.29, 0.717) is 12.1 Å². The van der Waals surface area contributed by atoms with E-state index in [2.05, 4.69) is 15.9 Å². The van der Waals surface area contributed by atoms with Gasteiger partial charge in [0.15, 0.2) is 0 Å². The van der Waals surface area contributed by atoms with E-state index in [1.54, 1.807) is 24.0 Å². The highest BCUT2D eigenvalue weighted by atomic mass is 79.9. The molecule has 1 aromatic rings. The standard InChI is InChI=1S/C15H20BrNO3/c1-10(2)17(9-11(3)15(19)20-4)14(18)12-5-7-13(16)8-6-12/h5-8,10-11H,9H2,1-4H3. The first kappa shape index (κ1) is 16.7. The first-order chi connectivity index (χ1) is 9.36. The van der Waals surface area contributed by atoms with Crippen molar-refractivity contribution in [1.82, 2.24) is 4.90 Å². The molecule has 1 aromatic carbocycles. The molecular weight excluding hydrogens is 322 g/mol. The van der Waals surface area contributed by atoms with Gasteiger partial charge in [0, 0.05) is 22.6 Å². The quantitative estimate of drug-likeness (QED) is 0.773. The number of hydrogen-bond donors (Lipinski definition) is 0. The number of carbonyl (C=O) groups is 2. The summed E-state index contributed by atoms with van der Waals surface area (Å²) in [5, 5.41) is 0.